The van der Waals surface area contributed by atoms with Crippen LogP contribution in [0.2, 0.25) is 0 Å². The van der Waals surface area contributed by atoms with Gasteiger partial charge in [0.1, 0.15) is 5.75 Å². The van der Waals surface area contributed by atoms with E-state index in [0.717, 1.165) is 76.4 Å². The number of hydrogen-bond donors (Lipinski definition) is 1. The molecule has 2 aliphatic rings. The minimum absolute atomic E-state index is 0.669. The third kappa shape index (κ3) is 5.27. The van der Waals surface area contributed by atoms with Gasteiger partial charge >= 0.3 is 0 Å². The van der Waals surface area contributed by atoms with Crippen molar-refractivity contribution in [1.82, 2.24) is 10.2 Å². The number of piperazine rings is 1. The molecule has 172 valence electrons. The molecule has 0 saturated carbocycles. The van der Waals surface area contributed by atoms with Gasteiger partial charge in [-0.2, -0.15) is 0 Å². The Morgan fingerprint density at radius 2 is 1.56 bits per heavy atom. The Morgan fingerprint density at radius 3 is 2.28 bits per heavy atom. The first-order chi connectivity index (χ1) is 15.8. The Hall–Kier alpha value is -2.93. The van der Waals surface area contributed by atoms with Gasteiger partial charge in [-0.05, 0) is 30.7 Å². The molecule has 2 heterocycles. The van der Waals surface area contributed by atoms with E-state index in [2.05, 4.69) is 63.3 Å². The molecule has 2 aromatic carbocycles. The van der Waals surface area contributed by atoms with Crippen molar-refractivity contribution in [1.29, 1.82) is 0 Å². The summed E-state index contributed by atoms with van der Waals surface area (Å²) in [6, 6.07) is 16.9. The number of hydrogen-bond acceptors (Lipinski definition) is 5. The molecule has 4 rings (SSSR count). The number of aliphatic imine (C=N–C) groups is 1. The van der Waals surface area contributed by atoms with E-state index in [-0.39, 0.29) is 0 Å². The van der Waals surface area contributed by atoms with Crippen LogP contribution in [0, 0.1) is 0 Å². The van der Waals surface area contributed by atoms with Crippen LogP contribution in [0.3, 0.4) is 0 Å². The fourth-order valence-electron chi connectivity index (χ4n) is 4.39. The smallest absolute Gasteiger partial charge is 0.194 e. The third-order valence-electron chi connectivity index (χ3n) is 6.08. The Morgan fingerprint density at radius 1 is 0.906 bits per heavy atom. The molecule has 1 N–H and O–H groups in total. The zero-order valence-corrected chi connectivity index (χ0v) is 19.3. The van der Waals surface area contributed by atoms with Crippen LogP contribution in [0.4, 0.5) is 11.4 Å². The number of anilines is 2. The summed E-state index contributed by atoms with van der Waals surface area (Å²) in [7, 11) is 1.74. The monoisotopic (exact) mass is 437 g/mol. The number of nitrogens with one attached hydrogen (secondary N) is 1. The average molecular weight is 438 g/mol. The van der Waals surface area contributed by atoms with E-state index < -0.39 is 0 Å². The second-order valence-electron chi connectivity index (χ2n) is 8.04. The van der Waals surface area contributed by atoms with Gasteiger partial charge in [-0.25, -0.2) is 4.99 Å². The molecule has 0 amide bonds. The predicted molar refractivity (Wildman–Crippen MR) is 131 cm³/mol. The van der Waals surface area contributed by atoms with Crippen LogP contribution >= 0.6 is 0 Å². The van der Waals surface area contributed by atoms with Gasteiger partial charge in [-0.3, -0.25) is 0 Å². The lowest BCUT2D eigenvalue weighted by Crippen LogP contribution is -2.52. The summed E-state index contributed by atoms with van der Waals surface area (Å²) in [4.78, 5) is 12.2. The topological polar surface area (TPSA) is 52.6 Å². The predicted octanol–water partition coefficient (Wildman–Crippen LogP) is 2.82. The largest absolute Gasteiger partial charge is 0.495 e. The van der Waals surface area contributed by atoms with Gasteiger partial charge in [0.2, 0.25) is 0 Å². The number of benzene rings is 2. The molecule has 32 heavy (non-hydrogen) atoms. The van der Waals surface area contributed by atoms with Gasteiger partial charge in [-0.1, -0.05) is 30.3 Å². The zero-order valence-electron chi connectivity index (χ0n) is 19.3. The van der Waals surface area contributed by atoms with Crippen molar-refractivity contribution in [3.8, 4) is 5.75 Å². The molecule has 7 heteroatoms. The van der Waals surface area contributed by atoms with Crippen molar-refractivity contribution >= 4 is 17.3 Å². The molecule has 0 aromatic heterocycles. The highest BCUT2D eigenvalue weighted by Gasteiger charge is 2.22. The van der Waals surface area contributed by atoms with Crippen LogP contribution in [0.25, 0.3) is 0 Å². The lowest BCUT2D eigenvalue weighted by molar-refractivity contribution is 0.122. The third-order valence-corrected chi connectivity index (χ3v) is 6.08. The van der Waals surface area contributed by atoms with E-state index in [1.165, 1.54) is 11.3 Å². The lowest BCUT2D eigenvalue weighted by atomic mass is 10.1. The quantitative estimate of drug-likeness (QED) is 0.554. The Bertz CT molecular complexity index is 889. The standard InChI is InChI=1S/C25H35N5O2/c1-3-26-25(27-20-21-8-4-5-9-22(21)29-16-18-32-19-17-29)30-14-12-28(13-15-30)23-10-6-7-11-24(23)31-2/h4-11H,3,12-20H2,1-2H3,(H,26,27). The van der Waals surface area contributed by atoms with Gasteiger partial charge in [0.25, 0.3) is 0 Å². The lowest BCUT2D eigenvalue weighted by Gasteiger charge is -2.38. The van der Waals surface area contributed by atoms with E-state index in [9.17, 15) is 0 Å². The summed E-state index contributed by atoms with van der Waals surface area (Å²) in [5.41, 5.74) is 3.70. The van der Waals surface area contributed by atoms with Crippen LogP contribution in [0.1, 0.15) is 12.5 Å². The van der Waals surface area contributed by atoms with Crippen LogP contribution in [0.5, 0.6) is 5.75 Å². The first-order valence-corrected chi connectivity index (χ1v) is 11.6. The van der Waals surface area contributed by atoms with E-state index in [4.69, 9.17) is 14.5 Å². The summed E-state index contributed by atoms with van der Waals surface area (Å²) in [6.45, 7) is 10.8. The minimum atomic E-state index is 0.669. The van der Waals surface area contributed by atoms with E-state index in [0.29, 0.717) is 6.54 Å². The van der Waals surface area contributed by atoms with Gasteiger partial charge in [-0.15, -0.1) is 0 Å². The molecule has 2 aromatic rings. The molecular formula is C25H35N5O2. The number of morpholine rings is 1. The second-order valence-corrected chi connectivity index (χ2v) is 8.04. The maximum atomic E-state index is 5.56. The van der Waals surface area contributed by atoms with E-state index in [1.807, 2.05) is 12.1 Å². The zero-order chi connectivity index (χ0) is 22.2. The van der Waals surface area contributed by atoms with Gasteiger partial charge in [0.15, 0.2) is 5.96 Å². The number of ether oxygens (including phenoxy) is 2. The highest BCUT2D eigenvalue weighted by atomic mass is 16.5. The number of rotatable bonds is 6. The van der Waals surface area contributed by atoms with Crippen LogP contribution in [0.15, 0.2) is 53.5 Å². The molecule has 0 spiro atoms. The summed E-state index contributed by atoms with van der Waals surface area (Å²) < 4.78 is 11.1. The maximum absolute atomic E-state index is 5.56. The Kier molecular flexibility index (Phi) is 7.72. The molecule has 0 radical (unpaired) electrons. The molecule has 2 aliphatic heterocycles. The molecule has 2 saturated heterocycles. The van der Waals surface area contributed by atoms with Crippen LogP contribution in [-0.4, -0.2) is 77.0 Å². The summed E-state index contributed by atoms with van der Waals surface area (Å²) >= 11 is 0. The average Bonchev–Trinajstić information content (AvgIpc) is 2.87. The number of para-hydroxylation sites is 3. The highest BCUT2D eigenvalue weighted by Crippen LogP contribution is 2.28. The first kappa shape index (κ1) is 22.3. The first-order valence-electron chi connectivity index (χ1n) is 11.6. The van der Waals surface area contributed by atoms with Crippen LogP contribution in [-0.2, 0) is 11.3 Å². The van der Waals surface area contributed by atoms with Crippen molar-refractivity contribution in [2.24, 2.45) is 4.99 Å². The molecule has 0 unspecified atom stereocenters. The Labute approximate surface area is 191 Å². The van der Waals surface area contributed by atoms with Gasteiger partial charge in [0.05, 0.1) is 32.6 Å². The number of nitrogens with zero attached hydrogens (tertiary/aromatic N) is 4. The van der Waals surface area contributed by atoms with Gasteiger partial charge in [0, 0.05) is 51.5 Å². The van der Waals surface area contributed by atoms with Crippen molar-refractivity contribution in [3.05, 3.63) is 54.1 Å². The molecule has 2 fully saturated rings. The van der Waals surface area contributed by atoms with Gasteiger partial charge < -0.3 is 29.5 Å². The molecule has 0 bridgehead atoms. The maximum Gasteiger partial charge on any atom is 0.194 e. The van der Waals surface area contributed by atoms with E-state index in [1.54, 1.807) is 7.11 Å². The van der Waals surface area contributed by atoms with Crippen molar-refractivity contribution in [3.63, 3.8) is 0 Å². The number of methoxy groups -OCH3 is 1. The van der Waals surface area contributed by atoms with Crippen molar-refractivity contribution < 1.29 is 9.47 Å². The SMILES string of the molecule is CCNC(=NCc1ccccc1N1CCOCC1)N1CCN(c2ccccc2OC)CC1. The molecular weight excluding hydrogens is 402 g/mol. The Balaban J connectivity index is 1.43. The highest BCUT2D eigenvalue weighted by molar-refractivity contribution is 5.80. The fraction of sp³-hybridized carbons (Fsp3) is 0.480. The van der Waals surface area contributed by atoms with E-state index >= 15 is 0 Å². The normalized spacial score (nSPS) is 17.4. The van der Waals surface area contributed by atoms with Crippen LogP contribution < -0.4 is 19.9 Å². The second kappa shape index (κ2) is 11.1. The fourth-order valence-corrected chi connectivity index (χ4v) is 4.39. The minimum Gasteiger partial charge on any atom is -0.495 e. The molecule has 7 nitrogen and oxygen atoms in total. The van der Waals surface area contributed by atoms with Crippen molar-refractivity contribution in [2.75, 3.05) is 75.9 Å². The molecule has 0 atom stereocenters. The molecule has 0 aliphatic carbocycles. The summed E-state index contributed by atoms with van der Waals surface area (Å²) in [6.07, 6.45) is 0. The number of guanidine groups is 1. The van der Waals surface area contributed by atoms with Crippen molar-refractivity contribution in [2.45, 2.75) is 13.5 Å². The summed E-state index contributed by atoms with van der Waals surface area (Å²) in [5.74, 6) is 1.92. The summed E-state index contributed by atoms with van der Waals surface area (Å²) in [5, 5.41) is 3.50.